The summed E-state index contributed by atoms with van der Waals surface area (Å²) >= 11 is 0. The number of amides is 1. The topological polar surface area (TPSA) is 38.3 Å². The van der Waals surface area contributed by atoms with Gasteiger partial charge in [-0.2, -0.15) is 0 Å². The van der Waals surface area contributed by atoms with E-state index in [1.165, 1.54) is 19.4 Å². The molecule has 1 amide bonds. The normalized spacial score (nSPS) is 10.5. The SMILES string of the molecule is COC=CC(=O)NCC(C)C. The van der Waals surface area contributed by atoms with Crippen molar-refractivity contribution in [1.82, 2.24) is 5.32 Å². The Hall–Kier alpha value is -0.990. The summed E-state index contributed by atoms with van der Waals surface area (Å²) in [6.45, 7) is 4.79. The van der Waals surface area contributed by atoms with Crippen LogP contribution in [0.25, 0.3) is 0 Å². The average molecular weight is 157 g/mol. The van der Waals surface area contributed by atoms with Gasteiger partial charge in [-0.3, -0.25) is 4.79 Å². The van der Waals surface area contributed by atoms with E-state index in [4.69, 9.17) is 0 Å². The maximum Gasteiger partial charge on any atom is 0.247 e. The first-order valence-corrected chi connectivity index (χ1v) is 3.64. The minimum absolute atomic E-state index is 0.111. The Bertz CT molecular complexity index is 141. The first-order valence-electron chi connectivity index (χ1n) is 3.64. The average Bonchev–Trinajstić information content (AvgIpc) is 1.97. The number of hydrogen-bond donors (Lipinski definition) is 1. The van der Waals surface area contributed by atoms with Crippen LogP contribution in [0.1, 0.15) is 13.8 Å². The van der Waals surface area contributed by atoms with E-state index in [-0.39, 0.29) is 5.91 Å². The van der Waals surface area contributed by atoms with Crippen LogP contribution in [0.3, 0.4) is 0 Å². The first-order chi connectivity index (χ1) is 5.16. The fraction of sp³-hybridized carbons (Fsp3) is 0.625. The van der Waals surface area contributed by atoms with Gasteiger partial charge in [0.15, 0.2) is 0 Å². The van der Waals surface area contributed by atoms with E-state index < -0.39 is 0 Å². The van der Waals surface area contributed by atoms with Crippen molar-refractivity contribution in [3.8, 4) is 0 Å². The van der Waals surface area contributed by atoms with Crippen molar-refractivity contribution in [2.24, 2.45) is 5.92 Å². The number of ether oxygens (including phenoxy) is 1. The summed E-state index contributed by atoms with van der Waals surface area (Å²) in [7, 11) is 1.51. The number of carbonyl (C=O) groups excluding carboxylic acids is 1. The third kappa shape index (κ3) is 6.90. The predicted molar refractivity (Wildman–Crippen MR) is 44.0 cm³/mol. The highest BCUT2D eigenvalue weighted by molar-refractivity contribution is 5.87. The molecule has 0 aliphatic carbocycles. The minimum Gasteiger partial charge on any atom is -0.504 e. The fourth-order valence-corrected chi connectivity index (χ4v) is 0.493. The second-order valence-electron chi connectivity index (χ2n) is 2.68. The molecule has 0 aromatic heterocycles. The number of rotatable bonds is 4. The first kappa shape index (κ1) is 10.0. The zero-order valence-electron chi connectivity index (χ0n) is 7.26. The molecule has 0 aromatic rings. The molecule has 0 aliphatic rings. The second kappa shape index (κ2) is 5.77. The van der Waals surface area contributed by atoms with Gasteiger partial charge < -0.3 is 10.1 Å². The molecule has 0 atom stereocenters. The van der Waals surface area contributed by atoms with E-state index in [9.17, 15) is 4.79 Å². The fourth-order valence-electron chi connectivity index (χ4n) is 0.493. The molecule has 0 bridgehead atoms. The molecule has 0 saturated heterocycles. The van der Waals surface area contributed by atoms with E-state index in [1.807, 2.05) is 13.8 Å². The predicted octanol–water partition coefficient (Wildman–Crippen LogP) is 0.919. The van der Waals surface area contributed by atoms with Crippen molar-refractivity contribution in [2.75, 3.05) is 13.7 Å². The van der Waals surface area contributed by atoms with Crippen LogP contribution in [0.2, 0.25) is 0 Å². The molecule has 0 heterocycles. The monoisotopic (exact) mass is 157 g/mol. The zero-order valence-corrected chi connectivity index (χ0v) is 7.26. The van der Waals surface area contributed by atoms with Crippen molar-refractivity contribution in [2.45, 2.75) is 13.8 Å². The Morgan fingerprint density at radius 2 is 2.27 bits per heavy atom. The highest BCUT2D eigenvalue weighted by Crippen LogP contribution is 1.86. The molecule has 0 spiro atoms. The summed E-state index contributed by atoms with van der Waals surface area (Å²) in [6, 6.07) is 0. The maximum absolute atomic E-state index is 10.8. The lowest BCUT2D eigenvalue weighted by atomic mass is 10.2. The Balaban J connectivity index is 3.45. The number of nitrogens with one attached hydrogen (secondary N) is 1. The van der Waals surface area contributed by atoms with Gasteiger partial charge in [0, 0.05) is 12.6 Å². The molecule has 3 heteroatoms. The van der Waals surface area contributed by atoms with Gasteiger partial charge in [-0.1, -0.05) is 13.8 Å². The molecule has 0 unspecified atom stereocenters. The number of carbonyl (C=O) groups is 1. The molecule has 0 aromatic carbocycles. The van der Waals surface area contributed by atoms with Gasteiger partial charge in [0.05, 0.1) is 13.4 Å². The summed E-state index contributed by atoms with van der Waals surface area (Å²) in [5, 5.41) is 2.71. The van der Waals surface area contributed by atoms with E-state index >= 15 is 0 Å². The molecule has 1 N–H and O–H groups in total. The van der Waals surface area contributed by atoms with E-state index in [0.717, 1.165) is 0 Å². The van der Waals surface area contributed by atoms with Crippen molar-refractivity contribution >= 4 is 5.91 Å². The van der Waals surface area contributed by atoms with Crippen LogP contribution in [-0.4, -0.2) is 19.6 Å². The number of hydrogen-bond acceptors (Lipinski definition) is 2. The molecule has 11 heavy (non-hydrogen) atoms. The van der Waals surface area contributed by atoms with Crippen molar-refractivity contribution < 1.29 is 9.53 Å². The molecule has 64 valence electrons. The van der Waals surface area contributed by atoms with Crippen LogP contribution in [0.4, 0.5) is 0 Å². The van der Waals surface area contributed by atoms with Crippen LogP contribution in [0.15, 0.2) is 12.3 Å². The van der Waals surface area contributed by atoms with Crippen LogP contribution in [-0.2, 0) is 9.53 Å². The zero-order chi connectivity index (χ0) is 8.69. The van der Waals surface area contributed by atoms with Gasteiger partial charge in [0.1, 0.15) is 0 Å². The Labute approximate surface area is 67.4 Å². The summed E-state index contributed by atoms with van der Waals surface area (Å²) in [4.78, 5) is 10.8. The number of methoxy groups -OCH3 is 1. The molecule has 0 fully saturated rings. The van der Waals surface area contributed by atoms with Crippen LogP contribution >= 0.6 is 0 Å². The van der Waals surface area contributed by atoms with Gasteiger partial charge in [0.25, 0.3) is 0 Å². The summed E-state index contributed by atoms with van der Waals surface area (Å²) in [6.07, 6.45) is 2.72. The van der Waals surface area contributed by atoms with Gasteiger partial charge in [0.2, 0.25) is 5.91 Å². The lowest BCUT2D eigenvalue weighted by Gasteiger charge is -2.03. The third-order valence-electron chi connectivity index (χ3n) is 1.04. The van der Waals surface area contributed by atoms with Crippen LogP contribution < -0.4 is 5.32 Å². The minimum atomic E-state index is -0.111. The van der Waals surface area contributed by atoms with Crippen molar-refractivity contribution in [3.05, 3.63) is 12.3 Å². The maximum atomic E-state index is 10.8. The summed E-state index contributed by atoms with van der Waals surface area (Å²) in [5.74, 6) is 0.371. The standard InChI is InChI=1S/C8H15NO2/c1-7(2)6-9-8(10)4-5-11-3/h4-5,7H,6H2,1-3H3,(H,9,10). The summed E-state index contributed by atoms with van der Waals surface area (Å²) < 4.78 is 4.58. The molecule has 0 aliphatic heterocycles. The molecule has 0 saturated carbocycles. The van der Waals surface area contributed by atoms with E-state index in [0.29, 0.717) is 12.5 Å². The molecular formula is C8H15NO2. The van der Waals surface area contributed by atoms with Crippen molar-refractivity contribution in [1.29, 1.82) is 0 Å². The molecule has 3 nitrogen and oxygen atoms in total. The molecule has 0 rings (SSSR count). The van der Waals surface area contributed by atoms with E-state index in [1.54, 1.807) is 0 Å². The molecule has 0 radical (unpaired) electrons. The Morgan fingerprint density at radius 3 is 2.73 bits per heavy atom. The third-order valence-corrected chi connectivity index (χ3v) is 1.04. The highest BCUT2D eigenvalue weighted by Gasteiger charge is 1.96. The van der Waals surface area contributed by atoms with Gasteiger partial charge in [-0.25, -0.2) is 0 Å². The van der Waals surface area contributed by atoms with Gasteiger partial charge in [-0.15, -0.1) is 0 Å². The lowest BCUT2D eigenvalue weighted by Crippen LogP contribution is -2.25. The Kier molecular flexibility index (Phi) is 5.25. The van der Waals surface area contributed by atoms with Crippen LogP contribution in [0, 0.1) is 5.92 Å². The largest absolute Gasteiger partial charge is 0.504 e. The smallest absolute Gasteiger partial charge is 0.247 e. The van der Waals surface area contributed by atoms with Crippen molar-refractivity contribution in [3.63, 3.8) is 0 Å². The Morgan fingerprint density at radius 1 is 1.64 bits per heavy atom. The van der Waals surface area contributed by atoms with Gasteiger partial charge in [-0.05, 0) is 5.92 Å². The highest BCUT2D eigenvalue weighted by atomic mass is 16.5. The van der Waals surface area contributed by atoms with E-state index in [2.05, 4.69) is 10.1 Å². The molecular weight excluding hydrogens is 142 g/mol. The quantitative estimate of drug-likeness (QED) is 0.486. The van der Waals surface area contributed by atoms with Gasteiger partial charge >= 0.3 is 0 Å². The lowest BCUT2D eigenvalue weighted by molar-refractivity contribution is -0.116. The van der Waals surface area contributed by atoms with Crippen LogP contribution in [0.5, 0.6) is 0 Å². The summed E-state index contributed by atoms with van der Waals surface area (Å²) in [5.41, 5.74) is 0. The second-order valence-corrected chi connectivity index (χ2v) is 2.68.